The molecule has 4 unspecified atom stereocenters. The average Bonchev–Trinajstić information content (AvgIpc) is 3.23. The van der Waals surface area contributed by atoms with Gasteiger partial charge in [-0.05, 0) is 68.2 Å². The number of phenols is 1. The first kappa shape index (κ1) is 33.0. The summed E-state index contributed by atoms with van der Waals surface area (Å²) < 4.78 is 125. The third-order valence-corrected chi connectivity index (χ3v) is 8.94. The Morgan fingerprint density at radius 2 is 1.46 bits per heavy atom. The van der Waals surface area contributed by atoms with Gasteiger partial charge in [0.15, 0.2) is 11.6 Å². The van der Waals surface area contributed by atoms with E-state index in [-0.39, 0.29) is 63.8 Å². The van der Waals surface area contributed by atoms with E-state index in [0.29, 0.717) is 0 Å². The monoisotopic (exact) mass is 685 g/mol. The van der Waals surface area contributed by atoms with Crippen molar-refractivity contribution in [3.8, 4) is 11.5 Å². The van der Waals surface area contributed by atoms with Gasteiger partial charge in [0.25, 0.3) is 0 Å². The number of hydrogen-bond donors (Lipinski definition) is 1. The molecule has 16 heteroatoms. The number of ether oxygens (including phenoxy) is 1. The number of hydrogen-bond acceptors (Lipinski definition) is 6. The van der Waals surface area contributed by atoms with Gasteiger partial charge in [0, 0.05) is 28.2 Å². The Hall–Kier alpha value is -4.89. The highest BCUT2D eigenvalue weighted by molar-refractivity contribution is 6.25. The van der Waals surface area contributed by atoms with Gasteiger partial charge in [-0.1, -0.05) is 11.6 Å². The number of alkyl halides is 9. The van der Waals surface area contributed by atoms with Crippen LogP contribution < -0.4 is 9.64 Å². The van der Waals surface area contributed by atoms with E-state index < -0.39 is 94.1 Å². The predicted octanol–water partition coefficient (Wildman–Crippen LogP) is 6.96. The predicted molar refractivity (Wildman–Crippen MR) is 145 cm³/mol. The molecule has 6 rings (SSSR count). The summed E-state index contributed by atoms with van der Waals surface area (Å²) in [4.78, 5) is 54.5. The van der Waals surface area contributed by atoms with Crippen LogP contribution in [0.2, 0.25) is 0 Å². The highest BCUT2D eigenvalue weighted by Gasteiger charge is 2.57. The van der Waals surface area contributed by atoms with Crippen molar-refractivity contribution in [2.45, 2.75) is 44.4 Å². The summed E-state index contributed by atoms with van der Waals surface area (Å²) in [6, 6.07) is 2.77. The van der Waals surface area contributed by atoms with E-state index in [0.717, 1.165) is 24.3 Å². The molecule has 3 aliphatic carbocycles. The number of phenolic OH excluding ortho intramolecular Hbond substituents is 1. The van der Waals surface area contributed by atoms with E-state index in [2.05, 4.69) is 4.74 Å². The zero-order valence-electron chi connectivity index (χ0n) is 24.2. The summed E-state index contributed by atoms with van der Waals surface area (Å²) in [7, 11) is 0. The number of carbonyl (C=O) groups is 4. The second kappa shape index (κ2) is 10.8. The molecule has 252 valence electrons. The molecule has 0 aromatic heterocycles. The molecule has 48 heavy (non-hydrogen) atoms. The van der Waals surface area contributed by atoms with Crippen molar-refractivity contribution < 1.29 is 68.5 Å². The van der Waals surface area contributed by atoms with Crippen LogP contribution in [0.3, 0.4) is 0 Å². The zero-order chi connectivity index (χ0) is 35.2. The molecule has 2 aromatic rings. The minimum Gasteiger partial charge on any atom is -0.508 e. The van der Waals surface area contributed by atoms with E-state index in [1.165, 1.54) is 13.0 Å². The highest BCUT2D eigenvalue weighted by Crippen LogP contribution is 2.57. The lowest BCUT2D eigenvalue weighted by atomic mass is 9.59. The number of nitrogens with zero attached hydrogens (tertiary/aromatic N) is 1. The number of anilines is 1. The van der Waals surface area contributed by atoms with Crippen LogP contribution in [-0.4, -0.2) is 34.8 Å². The Labute approximate surface area is 263 Å². The summed E-state index contributed by atoms with van der Waals surface area (Å²) in [5.74, 6) is -10.4. The van der Waals surface area contributed by atoms with E-state index in [1.54, 1.807) is 0 Å². The Morgan fingerprint density at radius 3 is 2.04 bits per heavy atom. The van der Waals surface area contributed by atoms with Crippen molar-refractivity contribution >= 4 is 29.1 Å². The molecule has 1 N–H and O–H groups in total. The zero-order valence-corrected chi connectivity index (χ0v) is 24.2. The number of aromatic hydroxyl groups is 1. The first-order chi connectivity index (χ1) is 22.2. The van der Waals surface area contributed by atoms with Gasteiger partial charge in [-0.15, -0.1) is 13.2 Å². The van der Waals surface area contributed by atoms with Crippen molar-refractivity contribution in [2.24, 2.45) is 17.8 Å². The molecule has 1 heterocycles. The summed E-state index contributed by atoms with van der Waals surface area (Å²) in [5.41, 5.74) is -5.06. The van der Waals surface area contributed by atoms with Crippen LogP contribution >= 0.6 is 0 Å². The van der Waals surface area contributed by atoms with Crippen LogP contribution in [0, 0.1) is 17.8 Å². The summed E-state index contributed by atoms with van der Waals surface area (Å²) in [6.45, 7) is 1.32. The summed E-state index contributed by atoms with van der Waals surface area (Å²) in [5, 5.41) is 10.8. The van der Waals surface area contributed by atoms with E-state index in [9.17, 15) is 63.8 Å². The lowest BCUT2D eigenvalue weighted by Crippen LogP contribution is -2.39. The van der Waals surface area contributed by atoms with Gasteiger partial charge in [0.05, 0.1) is 28.7 Å². The van der Waals surface area contributed by atoms with Crippen LogP contribution in [0.5, 0.6) is 11.5 Å². The molecule has 2 aromatic carbocycles. The minimum absolute atomic E-state index is 0.0187. The Balaban J connectivity index is 1.49. The lowest BCUT2D eigenvalue weighted by Gasteiger charge is -2.42. The number of Topliss-reactive ketones (excluding diaryl/α,β-unsaturated/α-hetero) is 1. The number of ketones is 2. The Bertz CT molecular complexity index is 1870. The molecule has 4 atom stereocenters. The largest absolute Gasteiger partial charge is 0.573 e. The number of benzene rings is 2. The maximum absolute atomic E-state index is 14.0. The van der Waals surface area contributed by atoms with Crippen molar-refractivity contribution in [3.05, 3.63) is 87.5 Å². The number of amides is 2. The van der Waals surface area contributed by atoms with Crippen LogP contribution in [0.4, 0.5) is 45.2 Å². The van der Waals surface area contributed by atoms with Gasteiger partial charge in [0.2, 0.25) is 11.8 Å². The van der Waals surface area contributed by atoms with Crippen LogP contribution in [0.1, 0.15) is 42.4 Å². The quantitative estimate of drug-likeness (QED) is 0.162. The van der Waals surface area contributed by atoms with E-state index in [1.807, 2.05) is 0 Å². The van der Waals surface area contributed by atoms with Crippen LogP contribution in [0.15, 0.2) is 70.8 Å². The molecule has 1 aliphatic heterocycles. The fourth-order valence-electron chi connectivity index (χ4n) is 7.02. The minimum atomic E-state index is -5.28. The first-order valence-corrected chi connectivity index (χ1v) is 14.1. The van der Waals surface area contributed by atoms with Crippen molar-refractivity contribution in [2.75, 3.05) is 4.90 Å². The molecule has 0 saturated carbocycles. The number of allylic oxidation sites excluding steroid dienone is 6. The highest BCUT2D eigenvalue weighted by atomic mass is 19.4. The first-order valence-electron chi connectivity index (χ1n) is 14.1. The van der Waals surface area contributed by atoms with Crippen molar-refractivity contribution in [1.82, 2.24) is 0 Å². The van der Waals surface area contributed by atoms with E-state index in [4.69, 9.17) is 0 Å². The molecule has 0 bridgehead atoms. The smallest absolute Gasteiger partial charge is 0.508 e. The SMILES string of the molecule is CC1=CC(=O)C2=C(CC3C(=CCC4C(=O)N(c5cc(C(F)(F)F)cc(C(F)(F)F)c5)C(=O)C43)C2c2cc(OC(F)(F)F)ccc2O)C1=O. The number of imide groups is 1. The molecular weight excluding hydrogens is 665 g/mol. The topological polar surface area (TPSA) is 101 Å². The molecule has 1 fully saturated rings. The molecule has 7 nitrogen and oxygen atoms in total. The molecule has 4 aliphatic rings. The second-order valence-corrected chi connectivity index (χ2v) is 11.8. The molecule has 0 spiro atoms. The standard InChI is InChI=1S/C32H20F9NO6/c1-12-6-23(44)26-21(27(12)45)11-19-17(24(26)20-10-16(2-5-22(20)43)48-32(39,40)41)3-4-18-25(19)29(47)42(28(18)46)15-8-13(30(33,34)35)7-14(9-15)31(36,37)38/h2-3,5-10,18-19,24-25,43H,4,11H2,1H3. The van der Waals surface area contributed by atoms with Gasteiger partial charge in [-0.3, -0.25) is 19.2 Å². The third kappa shape index (κ3) is 5.46. The number of rotatable bonds is 3. The fourth-order valence-corrected chi connectivity index (χ4v) is 7.02. The van der Waals surface area contributed by atoms with Crippen LogP contribution in [0.25, 0.3) is 0 Å². The maximum Gasteiger partial charge on any atom is 0.573 e. The Morgan fingerprint density at radius 1 is 0.833 bits per heavy atom. The second-order valence-electron chi connectivity index (χ2n) is 11.8. The van der Waals surface area contributed by atoms with Crippen LogP contribution in [-0.2, 0) is 31.5 Å². The lowest BCUT2D eigenvalue weighted by molar-refractivity contribution is -0.274. The Kier molecular flexibility index (Phi) is 7.44. The number of fused-ring (bicyclic) bond motifs is 3. The number of halogens is 9. The summed E-state index contributed by atoms with van der Waals surface area (Å²) in [6.07, 6.45) is -14.0. The van der Waals surface area contributed by atoms with Crippen molar-refractivity contribution in [3.63, 3.8) is 0 Å². The van der Waals surface area contributed by atoms with Gasteiger partial charge in [-0.25, -0.2) is 4.90 Å². The molecular formula is C32H20F9NO6. The van der Waals surface area contributed by atoms with Gasteiger partial charge < -0.3 is 9.84 Å². The van der Waals surface area contributed by atoms with Gasteiger partial charge in [-0.2, -0.15) is 26.3 Å². The normalized spacial score (nSPS) is 24.7. The van der Waals surface area contributed by atoms with Crippen molar-refractivity contribution in [1.29, 1.82) is 0 Å². The van der Waals surface area contributed by atoms with Gasteiger partial charge >= 0.3 is 18.7 Å². The molecule has 1 saturated heterocycles. The fraction of sp³-hybridized carbons (Fsp3) is 0.312. The number of carbonyl (C=O) groups excluding carboxylic acids is 4. The maximum atomic E-state index is 14.0. The summed E-state index contributed by atoms with van der Waals surface area (Å²) >= 11 is 0. The van der Waals surface area contributed by atoms with E-state index >= 15 is 0 Å². The van der Waals surface area contributed by atoms with Gasteiger partial charge in [0.1, 0.15) is 11.5 Å². The average molecular weight is 685 g/mol. The molecule has 0 radical (unpaired) electrons. The molecule has 2 amide bonds. The third-order valence-electron chi connectivity index (χ3n) is 8.94.